The van der Waals surface area contributed by atoms with Crippen LogP contribution in [0.25, 0.3) is 0 Å². The largest absolute Gasteiger partial charge is 0.455 e. The molecule has 0 unspecified atom stereocenters. The number of aliphatic imine (C=N–C) groups is 1. The van der Waals surface area contributed by atoms with Crippen molar-refractivity contribution in [1.82, 2.24) is 4.90 Å². The zero-order valence-electron chi connectivity index (χ0n) is 14.2. The zero-order valence-corrected chi connectivity index (χ0v) is 15.0. The van der Waals surface area contributed by atoms with Gasteiger partial charge in [-0.1, -0.05) is 17.7 Å². The summed E-state index contributed by atoms with van der Waals surface area (Å²) in [6.07, 6.45) is -1.41. The molecule has 2 aromatic carbocycles. The third kappa shape index (κ3) is 4.46. The summed E-state index contributed by atoms with van der Waals surface area (Å²) in [7, 11) is 1.52. The molecular weight excluding hydrogens is 367 g/mol. The fourth-order valence-corrected chi connectivity index (χ4v) is 2.33. The first-order chi connectivity index (χ1) is 12.1. The van der Waals surface area contributed by atoms with Gasteiger partial charge in [0.2, 0.25) is 0 Å². The van der Waals surface area contributed by atoms with Gasteiger partial charge in [0, 0.05) is 7.05 Å². The van der Waals surface area contributed by atoms with Gasteiger partial charge in [0.25, 0.3) is 0 Å². The van der Waals surface area contributed by atoms with E-state index in [4.69, 9.17) is 21.6 Å². The molecule has 136 valence electrons. The van der Waals surface area contributed by atoms with Crippen LogP contribution >= 0.6 is 11.6 Å². The number of halogens is 4. The average Bonchev–Trinajstić information content (AvgIpc) is 2.58. The van der Waals surface area contributed by atoms with E-state index in [0.29, 0.717) is 5.69 Å². The molecule has 0 aliphatic heterocycles. The van der Waals surface area contributed by atoms with Crippen LogP contribution < -0.4 is 4.74 Å². The first kappa shape index (κ1) is 19.6. The number of alkyl halides is 3. The molecule has 0 N–H and O–H groups in total. The summed E-state index contributed by atoms with van der Waals surface area (Å²) in [5.74, 6) is 0.251. The Labute approximate surface area is 154 Å². The Morgan fingerprint density at radius 1 is 1.23 bits per heavy atom. The third-order valence-corrected chi connectivity index (χ3v) is 3.98. The van der Waals surface area contributed by atoms with E-state index in [1.165, 1.54) is 24.4 Å². The first-order valence-corrected chi connectivity index (χ1v) is 7.83. The van der Waals surface area contributed by atoms with Gasteiger partial charge < -0.3 is 4.74 Å². The van der Waals surface area contributed by atoms with Crippen molar-refractivity contribution < 1.29 is 17.9 Å². The van der Waals surface area contributed by atoms with Gasteiger partial charge in [-0.15, -0.1) is 0 Å². The van der Waals surface area contributed by atoms with Crippen molar-refractivity contribution in [2.24, 2.45) is 4.99 Å². The highest BCUT2D eigenvalue weighted by Gasteiger charge is 2.33. The van der Waals surface area contributed by atoms with E-state index in [1.54, 1.807) is 12.1 Å². The Balaban J connectivity index is 2.46. The molecule has 0 aliphatic rings. The third-order valence-electron chi connectivity index (χ3n) is 3.65. The van der Waals surface area contributed by atoms with E-state index in [-0.39, 0.29) is 11.5 Å². The second kappa shape index (κ2) is 7.67. The molecule has 4 nitrogen and oxygen atoms in total. The van der Waals surface area contributed by atoms with Crippen LogP contribution in [0.3, 0.4) is 0 Å². The predicted molar refractivity (Wildman–Crippen MR) is 94.0 cm³/mol. The molecule has 0 saturated heterocycles. The maximum Gasteiger partial charge on any atom is 0.417 e. The molecule has 0 saturated carbocycles. The topological polar surface area (TPSA) is 48.6 Å². The molecule has 2 rings (SSSR count). The van der Waals surface area contributed by atoms with Crippen molar-refractivity contribution in [3.63, 3.8) is 0 Å². The number of nitriles is 1. The van der Waals surface area contributed by atoms with Gasteiger partial charge in [-0.25, -0.2) is 4.99 Å². The average molecular weight is 382 g/mol. The van der Waals surface area contributed by atoms with Crippen LogP contribution in [0.5, 0.6) is 11.5 Å². The van der Waals surface area contributed by atoms with Crippen LogP contribution in [0, 0.1) is 25.3 Å². The minimum absolute atomic E-state index is 0.0185. The fourth-order valence-electron chi connectivity index (χ4n) is 2.10. The van der Waals surface area contributed by atoms with Crippen LogP contribution in [-0.2, 0) is 6.18 Å². The Kier molecular flexibility index (Phi) is 5.78. The van der Waals surface area contributed by atoms with Crippen molar-refractivity contribution in [1.29, 1.82) is 5.26 Å². The Morgan fingerprint density at radius 2 is 1.92 bits per heavy atom. The van der Waals surface area contributed by atoms with E-state index >= 15 is 0 Å². The van der Waals surface area contributed by atoms with Crippen LogP contribution in [0.4, 0.5) is 18.9 Å². The van der Waals surface area contributed by atoms with Crippen molar-refractivity contribution in [3.8, 4) is 17.7 Å². The second-order valence-corrected chi connectivity index (χ2v) is 5.96. The number of aryl methyl sites for hydroxylation is 1. The van der Waals surface area contributed by atoms with E-state index in [9.17, 15) is 13.2 Å². The van der Waals surface area contributed by atoms with Crippen LogP contribution in [0.15, 0.2) is 35.3 Å². The lowest BCUT2D eigenvalue weighted by atomic mass is 10.1. The van der Waals surface area contributed by atoms with Gasteiger partial charge in [0.05, 0.1) is 10.6 Å². The zero-order chi connectivity index (χ0) is 19.5. The van der Waals surface area contributed by atoms with Gasteiger partial charge in [-0.05, 0) is 49.2 Å². The lowest BCUT2D eigenvalue weighted by Gasteiger charge is -2.15. The molecular formula is C18H15ClF3N3O. The van der Waals surface area contributed by atoms with Gasteiger partial charge in [-0.3, -0.25) is 4.90 Å². The highest BCUT2D eigenvalue weighted by Crippen LogP contribution is 2.40. The van der Waals surface area contributed by atoms with Gasteiger partial charge in [0.15, 0.2) is 11.9 Å². The van der Waals surface area contributed by atoms with E-state index in [1.807, 2.05) is 20.0 Å². The number of rotatable bonds is 4. The number of benzene rings is 2. The number of hydrogen-bond donors (Lipinski definition) is 0. The SMILES string of the molecule is Cc1ccc(Oc2ccc(Cl)c(C(F)(F)F)c2)c(N=CN(C)C#N)c1C. The lowest BCUT2D eigenvalue weighted by molar-refractivity contribution is -0.137. The van der Waals surface area contributed by atoms with Crippen molar-refractivity contribution in [3.05, 3.63) is 52.0 Å². The van der Waals surface area contributed by atoms with Crippen LogP contribution in [0.2, 0.25) is 5.02 Å². The highest BCUT2D eigenvalue weighted by molar-refractivity contribution is 6.31. The number of ether oxygens (including phenoxy) is 1. The molecule has 26 heavy (non-hydrogen) atoms. The molecule has 0 radical (unpaired) electrons. The van der Waals surface area contributed by atoms with Crippen molar-refractivity contribution in [2.45, 2.75) is 20.0 Å². The minimum atomic E-state index is -4.59. The monoisotopic (exact) mass is 381 g/mol. The molecule has 0 fully saturated rings. The van der Waals surface area contributed by atoms with Gasteiger partial charge >= 0.3 is 6.18 Å². The maximum atomic E-state index is 13.0. The van der Waals surface area contributed by atoms with Gasteiger partial charge in [0.1, 0.15) is 17.8 Å². The fraction of sp³-hybridized carbons (Fsp3) is 0.222. The van der Waals surface area contributed by atoms with E-state index < -0.39 is 16.8 Å². The highest BCUT2D eigenvalue weighted by atomic mass is 35.5. The molecule has 0 aromatic heterocycles. The molecule has 0 aliphatic carbocycles. The maximum absolute atomic E-state index is 13.0. The molecule has 0 amide bonds. The molecule has 0 atom stereocenters. The molecule has 2 aromatic rings. The first-order valence-electron chi connectivity index (χ1n) is 7.45. The Morgan fingerprint density at radius 3 is 2.54 bits per heavy atom. The Bertz CT molecular complexity index is 888. The van der Waals surface area contributed by atoms with Crippen molar-refractivity contribution in [2.75, 3.05) is 7.05 Å². The van der Waals surface area contributed by atoms with Crippen molar-refractivity contribution >= 4 is 23.6 Å². The van der Waals surface area contributed by atoms with Gasteiger partial charge in [-0.2, -0.15) is 18.4 Å². The summed E-state index contributed by atoms with van der Waals surface area (Å²) in [5, 5.41) is 8.40. The van der Waals surface area contributed by atoms with E-state index in [2.05, 4.69) is 4.99 Å². The molecule has 0 heterocycles. The molecule has 8 heteroatoms. The number of hydrogen-bond acceptors (Lipinski definition) is 3. The Hall–Kier alpha value is -2.72. The standard InChI is InChI=1S/C18H15ClF3N3O/c1-11-4-7-16(17(12(11)2)24-10-25(3)9-23)26-13-5-6-15(19)14(8-13)18(20,21)22/h4-8,10H,1-3H3. The van der Waals surface area contributed by atoms with Crippen LogP contribution in [0.1, 0.15) is 16.7 Å². The number of nitrogens with zero attached hydrogens (tertiary/aromatic N) is 3. The summed E-state index contributed by atoms with van der Waals surface area (Å²) >= 11 is 5.63. The smallest absolute Gasteiger partial charge is 0.417 e. The lowest BCUT2D eigenvalue weighted by Crippen LogP contribution is -2.07. The summed E-state index contributed by atoms with van der Waals surface area (Å²) < 4.78 is 44.7. The van der Waals surface area contributed by atoms with Crippen LogP contribution in [-0.4, -0.2) is 18.3 Å². The molecule has 0 spiro atoms. The summed E-state index contributed by atoms with van der Waals surface area (Å²) in [6, 6.07) is 6.71. The predicted octanol–water partition coefficient (Wildman–Crippen LogP) is 5.84. The summed E-state index contributed by atoms with van der Waals surface area (Å²) in [4.78, 5) is 5.42. The van der Waals surface area contributed by atoms with E-state index in [0.717, 1.165) is 23.3 Å². The minimum Gasteiger partial charge on any atom is -0.455 e. The molecule has 0 bridgehead atoms. The normalized spacial score (nSPS) is 11.5. The summed E-state index contributed by atoms with van der Waals surface area (Å²) in [6.45, 7) is 3.68. The summed E-state index contributed by atoms with van der Waals surface area (Å²) in [5.41, 5.74) is 1.16. The quantitative estimate of drug-likeness (QED) is 0.289. The second-order valence-electron chi connectivity index (χ2n) is 5.55.